The first-order valence-electron chi connectivity index (χ1n) is 7.76. The van der Waals surface area contributed by atoms with Gasteiger partial charge in [0.05, 0.1) is 0 Å². The fourth-order valence-electron chi connectivity index (χ4n) is 2.60. The molecule has 2 rings (SSSR count). The molecular formula is C19H26N2. The molecule has 0 aliphatic rings. The van der Waals surface area contributed by atoms with Crippen LogP contribution in [0.2, 0.25) is 0 Å². The molecule has 112 valence electrons. The van der Waals surface area contributed by atoms with Gasteiger partial charge in [0.2, 0.25) is 0 Å². The van der Waals surface area contributed by atoms with Crippen molar-refractivity contribution in [3.8, 4) is 0 Å². The van der Waals surface area contributed by atoms with Crippen LogP contribution in [0.5, 0.6) is 0 Å². The molecule has 0 aliphatic heterocycles. The Bertz CT molecular complexity index is 563. The Labute approximate surface area is 128 Å². The summed E-state index contributed by atoms with van der Waals surface area (Å²) in [6.45, 7) is 7.33. The lowest BCUT2D eigenvalue weighted by molar-refractivity contribution is 0.675. The third kappa shape index (κ3) is 4.61. The van der Waals surface area contributed by atoms with Gasteiger partial charge in [-0.3, -0.25) is 0 Å². The second-order valence-electron chi connectivity index (χ2n) is 5.64. The lowest BCUT2D eigenvalue weighted by Gasteiger charge is -2.21. The Morgan fingerprint density at radius 3 is 2.52 bits per heavy atom. The van der Waals surface area contributed by atoms with E-state index in [1.165, 1.54) is 28.8 Å². The fourth-order valence-corrected chi connectivity index (χ4v) is 2.60. The molecule has 21 heavy (non-hydrogen) atoms. The van der Waals surface area contributed by atoms with Gasteiger partial charge in [-0.1, -0.05) is 49.4 Å². The Morgan fingerprint density at radius 2 is 1.76 bits per heavy atom. The lowest BCUT2D eigenvalue weighted by atomic mass is 10.1. The van der Waals surface area contributed by atoms with Gasteiger partial charge < -0.3 is 10.2 Å². The summed E-state index contributed by atoms with van der Waals surface area (Å²) in [6, 6.07) is 17.4. The topological polar surface area (TPSA) is 15.3 Å². The summed E-state index contributed by atoms with van der Waals surface area (Å²) in [5, 5.41) is 3.46. The summed E-state index contributed by atoms with van der Waals surface area (Å²) in [4.78, 5) is 2.31. The van der Waals surface area contributed by atoms with Crippen molar-refractivity contribution < 1.29 is 0 Å². The van der Waals surface area contributed by atoms with Crippen molar-refractivity contribution in [1.29, 1.82) is 0 Å². The molecule has 2 aromatic carbocycles. The minimum absolute atomic E-state index is 0.937. The minimum atomic E-state index is 0.937. The molecule has 0 aliphatic carbocycles. The Hall–Kier alpha value is -1.80. The predicted octanol–water partition coefficient (Wildman–Crippen LogP) is 4.13. The molecule has 0 atom stereocenters. The Kier molecular flexibility index (Phi) is 5.82. The highest BCUT2D eigenvalue weighted by molar-refractivity contribution is 5.52. The molecule has 1 N–H and O–H groups in total. The van der Waals surface area contributed by atoms with E-state index < -0.39 is 0 Å². The second kappa shape index (κ2) is 7.84. The van der Waals surface area contributed by atoms with Crippen LogP contribution in [0, 0.1) is 6.92 Å². The quantitative estimate of drug-likeness (QED) is 0.768. The summed E-state index contributed by atoms with van der Waals surface area (Å²) >= 11 is 0. The van der Waals surface area contributed by atoms with Crippen LogP contribution in [0.1, 0.15) is 30.0 Å². The van der Waals surface area contributed by atoms with Crippen LogP contribution in [0.15, 0.2) is 48.5 Å². The second-order valence-corrected chi connectivity index (χ2v) is 5.64. The summed E-state index contributed by atoms with van der Waals surface area (Å²) in [5.41, 5.74) is 5.34. The first kappa shape index (κ1) is 15.6. The van der Waals surface area contributed by atoms with E-state index in [-0.39, 0.29) is 0 Å². The Morgan fingerprint density at radius 1 is 1.00 bits per heavy atom. The molecule has 0 unspecified atom stereocenters. The third-order valence-corrected chi connectivity index (χ3v) is 3.69. The average molecular weight is 282 g/mol. The maximum absolute atomic E-state index is 3.46. The van der Waals surface area contributed by atoms with Gasteiger partial charge in [-0.2, -0.15) is 0 Å². The van der Waals surface area contributed by atoms with Crippen LogP contribution < -0.4 is 10.2 Å². The van der Waals surface area contributed by atoms with Crippen molar-refractivity contribution in [3.05, 3.63) is 65.2 Å². The highest BCUT2D eigenvalue weighted by Gasteiger charge is 2.05. The number of nitrogens with zero attached hydrogens (tertiary/aromatic N) is 1. The average Bonchev–Trinajstić information content (AvgIpc) is 2.48. The van der Waals surface area contributed by atoms with E-state index in [9.17, 15) is 0 Å². The number of rotatable bonds is 7. The molecule has 0 amide bonds. The molecule has 0 spiro atoms. The lowest BCUT2D eigenvalue weighted by Crippen LogP contribution is -2.18. The van der Waals surface area contributed by atoms with E-state index in [4.69, 9.17) is 0 Å². The standard InChI is InChI=1S/C19H26N2/c1-4-12-20-14-17-9-7-10-18(13-17)15-21(3)19-11-6-5-8-16(19)2/h5-11,13,20H,4,12,14-15H2,1-3H3. The van der Waals surface area contributed by atoms with E-state index in [1.807, 2.05) is 0 Å². The Balaban J connectivity index is 2.02. The van der Waals surface area contributed by atoms with Crippen molar-refractivity contribution in [2.75, 3.05) is 18.5 Å². The first-order chi connectivity index (χ1) is 10.2. The number of benzene rings is 2. The van der Waals surface area contributed by atoms with Crippen LogP contribution in [0.25, 0.3) is 0 Å². The van der Waals surface area contributed by atoms with Crippen molar-refractivity contribution in [3.63, 3.8) is 0 Å². The van der Waals surface area contributed by atoms with Crippen molar-refractivity contribution in [1.82, 2.24) is 5.32 Å². The number of para-hydroxylation sites is 1. The third-order valence-electron chi connectivity index (χ3n) is 3.69. The molecule has 2 nitrogen and oxygen atoms in total. The molecular weight excluding hydrogens is 256 g/mol. The highest BCUT2D eigenvalue weighted by Crippen LogP contribution is 2.20. The number of aryl methyl sites for hydroxylation is 1. The van der Waals surface area contributed by atoms with E-state index in [0.717, 1.165) is 19.6 Å². The minimum Gasteiger partial charge on any atom is -0.370 e. The van der Waals surface area contributed by atoms with Gasteiger partial charge >= 0.3 is 0 Å². The summed E-state index contributed by atoms with van der Waals surface area (Å²) < 4.78 is 0. The first-order valence-corrected chi connectivity index (χ1v) is 7.76. The monoisotopic (exact) mass is 282 g/mol. The van der Waals surface area contributed by atoms with E-state index in [2.05, 4.69) is 79.6 Å². The van der Waals surface area contributed by atoms with Crippen LogP contribution in [-0.2, 0) is 13.1 Å². The predicted molar refractivity (Wildman–Crippen MR) is 91.7 cm³/mol. The number of hydrogen-bond acceptors (Lipinski definition) is 2. The van der Waals surface area contributed by atoms with Gasteiger partial charge in [0.1, 0.15) is 0 Å². The van der Waals surface area contributed by atoms with E-state index in [1.54, 1.807) is 0 Å². The van der Waals surface area contributed by atoms with Crippen LogP contribution in [0.3, 0.4) is 0 Å². The molecule has 0 heterocycles. The zero-order valence-electron chi connectivity index (χ0n) is 13.4. The maximum atomic E-state index is 3.46. The van der Waals surface area contributed by atoms with E-state index >= 15 is 0 Å². The zero-order chi connectivity index (χ0) is 15.1. The van der Waals surface area contributed by atoms with Gasteiger partial charge in [-0.05, 0) is 42.6 Å². The van der Waals surface area contributed by atoms with Crippen molar-refractivity contribution >= 4 is 5.69 Å². The molecule has 0 saturated heterocycles. The molecule has 0 radical (unpaired) electrons. The largest absolute Gasteiger partial charge is 0.370 e. The number of hydrogen-bond donors (Lipinski definition) is 1. The van der Waals surface area contributed by atoms with Crippen LogP contribution >= 0.6 is 0 Å². The van der Waals surface area contributed by atoms with E-state index in [0.29, 0.717) is 0 Å². The van der Waals surface area contributed by atoms with Crippen LogP contribution in [-0.4, -0.2) is 13.6 Å². The highest BCUT2D eigenvalue weighted by atomic mass is 15.1. The molecule has 0 aromatic heterocycles. The molecule has 2 aromatic rings. The van der Waals surface area contributed by atoms with Crippen molar-refractivity contribution in [2.24, 2.45) is 0 Å². The molecule has 0 fully saturated rings. The van der Waals surface area contributed by atoms with Gasteiger partial charge in [0.25, 0.3) is 0 Å². The van der Waals surface area contributed by atoms with Gasteiger partial charge in [0, 0.05) is 25.8 Å². The number of nitrogens with one attached hydrogen (secondary N) is 1. The van der Waals surface area contributed by atoms with Crippen molar-refractivity contribution in [2.45, 2.75) is 33.4 Å². The zero-order valence-corrected chi connectivity index (χ0v) is 13.4. The van der Waals surface area contributed by atoms with Gasteiger partial charge in [-0.15, -0.1) is 0 Å². The summed E-state index contributed by atoms with van der Waals surface area (Å²) in [6.07, 6.45) is 1.18. The SMILES string of the molecule is CCCNCc1cccc(CN(C)c2ccccc2C)c1. The molecule has 0 saturated carbocycles. The maximum Gasteiger partial charge on any atom is 0.0426 e. The smallest absolute Gasteiger partial charge is 0.0426 e. The number of anilines is 1. The summed E-state index contributed by atoms with van der Waals surface area (Å²) in [7, 11) is 2.16. The molecule has 0 bridgehead atoms. The van der Waals surface area contributed by atoms with Crippen LogP contribution in [0.4, 0.5) is 5.69 Å². The fraction of sp³-hybridized carbons (Fsp3) is 0.368. The molecule has 2 heteroatoms. The normalized spacial score (nSPS) is 10.6. The van der Waals surface area contributed by atoms with Gasteiger partial charge in [0.15, 0.2) is 0 Å². The summed E-state index contributed by atoms with van der Waals surface area (Å²) in [5.74, 6) is 0. The van der Waals surface area contributed by atoms with Gasteiger partial charge in [-0.25, -0.2) is 0 Å².